The highest BCUT2D eigenvalue weighted by Crippen LogP contribution is 2.43. The largest absolute Gasteiger partial charge is 0.508 e. The Morgan fingerprint density at radius 3 is 2.75 bits per heavy atom. The maximum atomic E-state index is 9.69. The van der Waals surface area contributed by atoms with Crippen LogP contribution in [0.1, 0.15) is 11.3 Å². The van der Waals surface area contributed by atoms with Gasteiger partial charge in [-0.2, -0.15) is 5.26 Å². The molecule has 3 aromatic rings. The number of rotatable bonds is 5. The lowest BCUT2D eigenvalue weighted by molar-refractivity contribution is 0.475. The monoisotopic (exact) mass is 387 g/mol. The smallest absolute Gasteiger partial charge is 0.223 e. The number of fused-ring (bicyclic) bond motifs is 1. The van der Waals surface area contributed by atoms with Crippen molar-refractivity contribution < 1.29 is 5.11 Å². The zero-order chi connectivity index (χ0) is 19.3. The molecule has 0 amide bonds. The van der Waals surface area contributed by atoms with Gasteiger partial charge in [-0.3, -0.25) is 0 Å². The third-order valence-corrected chi connectivity index (χ3v) is 5.32. The molecule has 0 saturated carbocycles. The Morgan fingerprint density at radius 1 is 1.14 bits per heavy atom. The van der Waals surface area contributed by atoms with Crippen molar-refractivity contribution in [2.75, 3.05) is 17.2 Å². The lowest BCUT2D eigenvalue weighted by atomic mass is 10.1. The maximum absolute atomic E-state index is 9.69. The normalized spacial score (nSPS) is 14.0. The summed E-state index contributed by atoms with van der Waals surface area (Å²) in [7, 11) is 0. The molecule has 0 spiro atoms. The van der Waals surface area contributed by atoms with Gasteiger partial charge in [-0.05, 0) is 42.3 Å². The number of phenols is 1. The van der Waals surface area contributed by atoms with Crippen LogP contribution in [0.5, 0.6) is 5.75 Å². The first-order valence-corrected chi connectivity index (χ1v) is 9.58. The quantitative estimate of drug-likeness (QED) is 0.564. The average Bonchev–Trinajstić information content (AvgIpc) is 3.14. The molecule has 7 heteroatoms. The number of allylic oxidation sites excluding steroid dienone is 1. The van der Waals surface area contributed by atoms with Crippen LogP contribution in [-0.2, 0) is 6.42 Å². The Morgan fingerprint density at radius 2 is 1.96 bits per heavy atom. The third kappa shape index (κ3) is 3.92. The molecule has 0 aliphatic carbocycles. The number of para-hydroxylation sites is 1. The molecule has 0 radical (unpaired) electrons. The van der Waals surface area contributed by atoms with E-state index in [1.807, 2.05) is 36.4 Å². The van der Waals surface area contributed by atoms with Crippen molar-refractivity contribution in [2.45, 2.75) is 11.3 Å². The highest BCUT2D eigenvalue weighted by Gasteiger charge is 2.20. The predicted octanol–water partition coefficient (Wildman–Crippen LogP) is 4.25. The zero-order valence-electron chi connectivity index (χ0n) is 14.9. The summed E-state index contributed by atoms with van der Waals surface area (Å²) in [5.41, 5.74) is 3.17. The van der Waals surface area contributed by atoms with Crippen LogP contribution in [0.25, 0.3) is 5.57 Å². The molecule has 0 fully saturated rings. The van der Waals surface area contributed by atoms with E-state index in [1.54, 1.807) is 24.4 Å². The fraction of sp³-hybridized carbons (Fsp3) is 0.0952. The van der Waals surface area contributed by atoms with Gasteiger partial charge in [-0.25, -0.2) is 9.97 Å². The van der Waals surface area contributed by atoms with Crippen LogP contribution < -0.4 is 10.6 Å². The zero-order valence-corrected chi connectivity index (χ0v) is 15.7. The van der Waals surface area contributed by atoms with Gasteiger partial charge in [0.15, 0.2) is 0 Å². The van der Waals surface area contributed by atoms with Crippen molar-refractivity contribution in [1.29, 1.82) is 5.26 Å². The minimum Gasteiger partial charge on any atom is -0.508 e. The molecule has 0 atom stereocenters. The van der Waals surface area contributed by atoms with E-state index in [1.165, 1.54) is 11.8 Å². The summed E-state index contributed by atoms with van der Waals surface area (Å²) in [6, 6.07) is 19.0. The fourth-order valence-corrected chi connectivity index (χ4v) is 3.83. The third-order valence-electron chi connectivity index (χ3n) is 4.23. The summed E-state index contributed by atoms with van der Waals surface area (Å²) < 4.78 is 0. The predicted molar refractivity (Wildman–Crippen MR) is 111 cm³/mol. The molecule has 138 valence electrons. The maximum Gasteiger partial charge on any atom is 0.223 e. The van der Waals surface area contributed by atoms with Crippen LogP contribution in [0, 0.1) is 11.3 Å². The van der Waals surface area contributed by atoms with E-state index in [0.717, 1.165) is 27.6 Å². The first-order valence-electron chi connectivity index (χ1n) is 8.76. The van der Waals surface area contributed by atoms with Gasteiger partial charge in [0, 0.05) is 17.6 Å². The molecule has 0 bridgehead atoms. The van der Waals surface area contributed by atoms with Gasteiger partial charge in [0.1, 0.15) is 17.4 Å². The topological polar surface area (TPSA) is 93.9 Å². The molecule has 0 unspecified atom stereocenters. The second-order valence-electron chi connectivity index (χ2n) is 6.15. The molecule has 1 aliphatic rings. The van der Waals surface area contributed by atoms with E-state index >= 15 is 0 Å². The van der Waals surface area contributed by atoms with Crippen molar-refractivity contribution in [2.24, 2.45) is 0 Å². The number of nitriles is 1. The summed E-state index contributed by atoms with van der Waals surface area (Å²) in [5.74, 6) is 0.732. The van der Waals surface area contributed by atoms with Crippen molar-refractivity contribution in [1.82, 2.24) is 9.97 Å². The van der Waals surface area contributed by atoms with Crippen LogP contribution in [-0.4, -0.2) is 21.6 Å². The lowest BCUT2D eigenvalue weighted by Crippen LogP contribution is -2.09. The van der Waals surface area contributed by atoms with Gasteiger partial charge < -0.3 is 15.7 Å². The molecule has 6 nitrogen and oxygen atoms in total. The van der Waals surface area contributed by atoms with Crippen LogP contribution in [0.15, 0.2) is 70.7 Å². The second-order valence-corrected chi connectivity index (χ2v) is 7.20. The van der Waals surface area contributed by atoms with Gasteiger partial charge >= 0.3 is 0 Å². The number of aromatic nitrogens is 2. The molecule has 2 heterocycles. The number of thioether (sulfide) groups is 1. The Labute approximate surface area is 167 Å². The number of aromatic hydroxyl groups is 1. The van der Waals surface area contributed by atoms with E-state index in [-0.39, 0.29) is 5.75 Å². The van der Waals surface area contributed by atoms with Crippen LogP contribution >= 0.6 is 11.8 Å². The Hall–Kier alpha value is -3.50. The van der Waals surface area contributed by atoms with Gasteiger partial charge in [0.25, 0.3) is 0 Å². The first-order chi connectivity index (χ1) is 13.7. The molecule has 28 heavy (non-hydrogen) atoms. The minimum absolute atomic E-state index is 0.255. The lowest BCUT2D eigenvalue weighted by Gasteiger charge is -2.08. The Bertz CT molecular complexity index is 1050. The van der Waals surface area contributed by atoms with Crippen molar-refractivity contribution in [3.8, 4) is 11.8 Å². The molecular formula is C21H17N5OS. The van der Waals surface area contributed by atoms with Crippen LogP contribution in [0.4, 0.5) is 11.6 Å². The molecule has 3 N–H and O–H groups in total. The van der Waals surface area contributed by atoms with Gasteiger partial charge in [0.05, 0.1) is 16.4 Å². The number of nitrogens with zero attached hydrogens (tertiary/aromatic N) is 3. The molecule has 0 saturated heterocycles. The SMILES string of the molecule is N#C/C(=C1/Nc2ccccc2S1)c1ccnc(NCCc2ccc(O)cc2)n1. The van der Waals surface area contributed by atoms with E-state index in [0.29, 0.717) is 23.8 Å². The van der Waals surface area contributed by atoms with Gasteiger partial charge in [0.2, 0.25) is 5.95 Å². The molecule has 2 aromatic carbocycles. The van der Waals surface area contributed by atoms with E-state index in [2.05, 4.69) is 26.7 Å². The second kappa shape index (κ2) is 8.03. The summed E-state index contributed by atoms with van der Waals surface area (Å²) in [6.45, 7) is 0.644. The first kappa shape index (κ1) is 17.9. The summed E-state index contributed by atoms with van der Waals surface area (Å²) >= 11 is 1.53. The molecule has 1 aromatic heterocycles. The van der Waals surface area contributed by atoms with Crippen molar-refractivity contribution >= 4 is 29.0 Å². The number of anilines is 2. The highest BCUT2D eigenvalue weighted by atomic mass is 32.2. The van der Waals surface area contributed by atoms with Gasteiger partial charge in [-0.15, -0.1) is 0 Å². The number of nitrogens with one attached hydrogen (secondary N) is 2. The number of benzene rings is 2. The number of hydrogen-bond donors (Lipinski definition) is 3. The summed E-state index contributed by atoms with van der Waals surface area (Å²) in [6.07, 6.45) is 2.42. The minimum atomic E-state index is 0.255. The molecule has 1 aliphatic heterocycles. The Balaban J connectivity index is 1.48. The number of phenolic OH excluding ortho intramolecular Hbond substituents is 1. The van der Waals surface area contributed by atoms with Crippen molar-refractivity contribution in [3.63, 3.8) is 0 Å². The highest BCUT2D eigenvalue weighted by molar-refractivity contribution is 8.04. The summed E-state index contributed by atoms with van der Waals surface area (Å²) in [5, 5.41) is 26.3. The van der Waals surface area contributed by atoms with Gasteiger partial charge in [-0.1, -0.05) is 36.0 Å². The van der Waals surface area contributed by atoms with Crippen LogP contribution in [0.2, 0.25) is 0 Å². The molecular weight excluding hydrogens is 370 g/mol. The van der Waals surface area contributed by atoms with E-state index in [4.69, 9.17) is 0 Å². The van der Waals surface area contributed by atoms with E-state index < -0.39 is 0 Å². The van der Waals surface area contributed by atoms with E-state index in [9.17, 15) is 10.4 Å². The fourth-order valence-electron chi connectivity index (χ4n) is 2.82. The number of hydrogen-bond acceptors (Lipinski definition) is 7. The average molecular weight is 387 g/mol. The molecule has 4 rings (SSSR count). The van der Waals surface area contributed by atoms with Crippen molar-refractivity contribution in [3.05, 3.63) is 77.1 Å². The summed E-state index contributed by atoms with van der Waals surface area (Å²) in [4.78, 5) is 9.84. The van der Waals surface area contributed by atoms with Crippen LogP contribution in [0.3, 0.4) is 0 Å². The Kier molecular flexibility index (Phi) is 5.13. The standard InChI is InChI=1S/C21H17N5OS/c22-13-16(20-25-18-3-1-2-4-19(18)28-20)17-10-12-24-21(26-17)23-11-9-14-5-7-15(27)8-6-14/h1-8,10,12,25,27H,9,11H2,(H,23,24,26)/b20-16+.